The van der Waals surface area contributed by atoms with Gasteiger partial charge in [-0.15, -0.1) is 0 Å². The van der Waals surface area contributed by atoms with Gasteiger partial charge < -0.3 is 24.6 Å². The average Bonchev–Trinajstić information content (AvgIpc) is 2.73. The molecule has 1 unspecified atom stereocenters. The second-order valence-electron chi connectivity index (χ2n) is 6.95. The largest absolute Gasteiger partial charge is 0.477 e. The van der Waals surface area contributed by atoms with E-state index in [0.29, 0.717) is 49.3 Å². The standard InChI is InChI=1S/C21H22ClN3O4/c22-15-4-3-5-16(12-15)23-20(26)14-25-13-19(21(27)24-8-10-28-11-9-24)29-18-7-2-1-6-17(18)25/h1-7,12,19H,8-11,13-14H2,(H,23,26). The van der Waals surface area contributed by atoms with Crippen LogP contribution in [0.1, 0.15) is 0 Å². The van der Waals surface area contributed by atoms with Crippen LogP contribution in [0.3, 0.4) is 0 Å². The van der Waals surface area contributed by atoms with Gasteiger partial charge in [0.2, 0.25) is 5.91 Å². The van der Waals surface area contributed by atoms with E-state index < -0.39 is 6.10 Å². The lowest BCUT2D eigenvalue weighted by atomic mass is 10.1. The molecule has 2 aliphatic heterocycles. The van der Waals surface area contributed by atoms with Gasteiger partial charge in [-0.2, -0.15) is 0 Å². The van der Waals surface area contributed by atoms with Crippen LogP contribution in [0.2, 0.25) is 5.02 Å². The fourth-order valence-electron chi connectivity index (χ4n) is 3.51. The van der Waals surface area contributed by atoms with Crippen LogP contribution in [0.5, 0.6) is 5.75 Å². The summed E-state index contributed by atoms with van der Waals surface area (Å²) in [6.07, 6.45) is -0.665. The molecule has 0 saturated carbocycles. The highest BCUT2D eigenvalue weighted by molar-refractivity contribution is 6.30. The summed E-state index contributed by atoms with van der Waals surface area (Å²) in [5.74, 6) is 0.325. The Morgan fingerprint density at radius 3 is 2.69 bits per heavy atom. The van der Waals surface area contributed by atoms with Gasteiger partial charge in [0.05, 0.1) is 32.0 Å². The summed E-state index contributed by atoms with van der Waals surface area (Å²) < 4.78 is 11.3. The molecular formula is C21H22ClN3O4. The molecular weight excluding hydrogens is 394 g/mol. The minimum absolute atomic E-state index is 0.0805. The number of carbonyl (C=O) groups is 2. The molecule has 1 atom stereocenters. The van der Waals surface area contributed by atoms with Crippen LogP contribution in [0.15, 0.2) is 48.5 Å². The van der Waals surface area contributed by atoms with Gasteiger partial charge in [0.15, 0.2) is 6.10 Å². The van der Waals surface area contributed by atoms with Gasteiger partial charge in [0.25, 0.3) is 5.91 Å². The summed E-state index contributed by atoms with van der Waals surface area (Å²) >= 11 is 5.99. The molecule has 0 bridgehead atoms. The number of para-hydroxylation sites is 2. The van der Waals surface area contributed by atoms with Crippen molar-refractivity contribution < 1.29 is 19.1 Å². The van der Waals surface area contributed by atoms with E-state index >= 15 is 0 Å². The SMILES string of the molecule is O=C(CN1CC(C(=O)N2CCOCC2)Oc2ccccc21)Nc1cccc(Cl)c1. The van der Waals surface area contributed by atoms with Crippen LogP contribution in [-0.2, 0) is 14.3 Å². The van der Waals surface area contributed by atoms with Crippen LogP contribution in [0, 0.1) is 0 Å². The Bertz CT molecular complexity index is 901. The number of morpholine rings is 1. The smallest absolute Gasteiger partial charge is 0.265 e. The van der Waals surface area contributed by atoms with E-state index in [1.54, 1.807) is 29.2 Å². The summed E-state index contributed by atoms with van der Waals surface area (Å²) in [4.78, 5) is 29.2. The van der Waals surface area contributed by atoms with Crippen LogP contribution >= 0.6 is 11.6 Å². The zero-order valence-corrected chi connectivity index (χ0v) is 16.6. The third-order valence-electron chi connectivity index (χ3n) is 4.90. The van der Waals surface area contributed by atoms with Crippen molar-refractivity contribution in [2.24, 2.45) is 0 Å². The maximum absolute atomic E-state index is 12.9. The van der Waals surface area contributed by atoms with Crippen LogP contribution in [0.4, 0.5) is 11.4 Å². The second kappa shape index (κ2) is 8.71. The molecule has 2 heterocycles. The number of nitrogens with zero attached hydrogens (tertiary/aromatic N) is 2. The molecule has 2 amide bonds. The quantitative estimate of drug-likeness (QED) is 0.830. The van der Waals surface area contributed by atoms with Crippen molar-refractivity contribution in [2.75, 3.05) is 49.6 Å². The van der Waals surface area contributed by atoms with E-state index in [1.807, 2.05) is 29.2 Å². The Morgan fingerprint density at radius 2 is 1.90 bits per heavy atom. The number of hydrogen-bond acceptors (Lipinski definition) is 5. The van der Waals surface area contributed by atoms with E-state index in [9.17, 15) is 9.59 Å². The van der Waals surface area contributed by atoms with Crippen molar-refractivity contribution in [1.29, 1.82) is 0 Å². The lowest BCUT2D eigenvalue weighted by molar-refractivity contribution is -0.142. The summed E-state index contributed by atoms with van der Waals surface area (Å²) in [5.41, 5.74) is 1.42. The van der Waals surface area contributed by atoms with Crippen molar-refractivity contribution >= 4 is 34.8 Å². The van der Waals surface area contributed by atoms with Crippen LogP contribution < -0.4 is 15.0 Å². The number of amides is 2. The zero-order valence-electron chi connectivity index (χ0n) is 15.8. The van der Waals surface area contributed by atoms with E-state index in [2.05, 4.69) is 5.32 Å². The molecule has 2 aliphatic rings. The highest BCUT2D eigenvalue weighted by atomic mass is 35.5. The molecule has 4 rings (SSSR count). The summed E-state index contributed by atoms with van der Waals surface area (Å²) in [5, 5.41) is 3.40. The minimum atomic E-state index is -0.665. The van der Waals surface area contributed by atoms with E-state index in [1.165, 1.54) is 0 Å². The first-order valence-electron chi connectivity index (χ1n) is 9.53. The highest BCUT2D eigenvalue weighted by Gasteiger charge is 2.34. The highest BCUT2D eigenvalue weighted by Crippen LogP contribution is 2.33. The molecule has 2 aromatic carbocycles. The lowest BCUT2D eigenvalue weighted by Crippen LogP contribution is -2.53. The van der Waals surface area contributed by atoms with E-state index in [0.717, 1.165) is 5.69 Å². The Kier molecular flexibility index (Phi) is 5.87. The van der Waals surface area contributed by atoms with Gasteiger partial charge in [-0.25, -0.2) is 0 Å². The molecule has 7 nitrogen and oxygen atoms in total. The predicted octanol–water partition coefficient (Wildman–Crippen LogP) is 2.40. The molecule has 1 fully saturated rings. The molecule has 29 heavy (non-hydrogen) atoms. The van der Waals surface area contributed by atoms with E-state index in [4.69, 9.17) is 21.1 Å². The number of hydrogen-bond donors (Lipinski definition) is 1. The minimum Gasteiger partial charge on any atom is -0.477 e. The van der Waals surface area contributed by atoms with Gasteiger partial charge in [0.1, 0.15) is 5.75 Å². The van der Waals surface area contributed by atoms with Crippen molar-refractivity contribution in [1.82, 2.24) is 4.90 Å². The fourth-order valence-corrected chi connectivity index (χ4v) is 3.70. The maximum Gasteiger partial charge on any atom is 0.265 e. The molecule has 1 N–H and O–H groups in total. The molecule has 2 aromatic rings. The van der Waals surface area contributed by atoms with Gasteiger partial charge in [-0.3, -0.25) is 9.59 Å². The first-order chi connectivity index (χ1) is 14.1. The third kappa shape index (κ3) is 4.63. The first kappa shape index (κ1) is 19.5. The molecule has 0 radical (unpaired) electrons. The van der Waals surface area contributed by atoms with E-state index in [-0.39, 0.29) is 18.4 Å². The molecule has 152 valence electrons. The summed E-state index contributed by atoms with van der Waals surface area (Å²) in [6, 6.07) is 14.4. The van der Waals surface area contributed by atoms with Gasteiger partial charge >= 0.3 is 0 Å². The Balaban J connectivity index is 1.48. The fraction of sp³-hybridized carbons (Fsp3) is 0.333. The predicted molar refractivity (Wildman–Crippen MR) is 111 cm³/mol. The monoisotopic (exact) mass is 415 g/mol. The zero-order chi connectivity index (χ0) is 20.2. The first-order valence-corrected chi connectivity index (χ1v) is 9.90. The lowest BCUT2D eigenvalue weighted by Gasteiger charge is -2.38. The van der Waals surface area contributed by atoms with Gasteiger partial charge in [0, 0.05) is 23.8 Å². The number of fused-ring (bicyclic) bond motifs is 1. The summed E-state index contributed by atoms with van der Waals surface area (Å²) in [7, 11) is 0. The van der Waals surface area contributed by atoms with Crippen LogP contribution in [0.25, 0.3) is 0 Å². The van der Waals surface area contributed by atoms with Gasteiger partial charge in [-0.1, -0.05) is 29.8 Å². The van der Waals surface area contributed by atoms with Crippen molar-refractivity contribution in [3.63, 3.8) is 0 Å². The van der Waals surface area contributed by atoms with Gasteiger partial charge in [-0.05, 0) is 30.3 Å². The third-order valence-corrected chi connectivity index (χ3v) is 5.14. The van der Waals surface area contributed by atoms with Crippen molar-refractivity contribution in [3.8, 4) is 5.75 Å². The van der Waals surface area contributed by atoms with Crippen molar-refractivity contribution in [3.05, 3.63) is 53.6 Å². The van der Waals surface area contributed by atoms with Crippen LogP contribution in [-0.4, -0.2) is 62.2 Å². The maximum atomic E-state index is 12.9. The Morgan fingerprint density at radius 1 is 1.10 bits per heavy atom. The average molecular weight is 416 g/mol. The number of rotatable bonds is 4. The topological polar surface area (TPSA) is 71.1 Å². The number of carbonyl (C=O) groups excluding carboxylic acids is 2. The summed E-state index contributed by atoms with van der Waals surface area (Å²) in [6.45, 7) is 2.56. The normalized spacial score (nSPS) is 18.6. The number of halogens is 1. The molecule has 0 aliphatic carbocycles. The molecule has 8 heteroatoms. The number of benzene rings is 2. The Hall–Kier alpha value is -2.77. The molecule has 0 aromatic heterocycles. The number of nitrogens with one attached hydrogen (secondary N) is 1. The number of ether oxygens (including phenoxy) is 2. The molecule has 0 spiro atoms. The van der Waals surface area contributed by atoms with Crippen molar-refractivity contribution in [2.45, 2.75) is 6.10 Å². The second-order valence-corrected chi connectivity index (χ2v) is 7.39. The Labute approximate surface area is 174 Å². The number of anilines is 2. The molecule has 1 saturated heterocycles.